The number of amides is 1. The number of hydrogen-bond acceptors (Lipinski definition) is 6. The molecule has 0 bridgehead atoms. The molecule has 0 atom stereocenters. The first-order valence-electron chi connectivity index (χ1n) is 8.33. The summed E-state index contributed by atoms with van der Waals surface area (Å²) in [5.74, 6) is 0. The van der Waals surface area contributed by atoms with Crippen molar-refractivity contribution in [1.29, 1.82) is 0 Å². The zero-order chi connectivity index (χ0) is 18.4. The molecule has 0 saturated carbocycles. The molecular formula is C19H14N4O2S2. The highest BCUT2D eigenvalue weighted by atomic mass is 32.1. The molecule has 134 valence electrons. The minimum atomic E-state index is -0.889. The topological polar surface area (TPSA) is 78.4 Å². The normalized spacial score (nSPS) is 14.1. The van der Waals surface area contributed by atoms with Crippen LogP contribution in [-0.4, -0.2) is 39.2 Å². The monoisotopic (exact) mass is 394 g/mol. The number of thiazole rings is 1. The molecule has 0 aliphatic carbocycles. The Balaban J connectivity index is 1.48. The van der Waals surface area contributed by atoms with E-state index < -0.39 is 6.09 Å². The van der Waals surface area contributed by atoms with E-state index in [4.69, 9.17) is 5.11 Å². The van der Waals surface area contributed by atoms with Gasteiger partial charge in [-0.3, -0.25) is 0 Å². The summed E-state index contributed by atoms with van der Waals surface area (Å²) in [6.45, 7) is 0.858. The molecule has 4 aromatic rings. The van der Waals surface area contributed by atoms with Crippen LogP contribution in [-0.2, 0) is 0 Å². The van der Waals surface area contributed by atoms with Gasteiger partial charge in [0, 0.05) is 28.7 Å². The first kappa shape index (κ1) is 16.2. The van der Waals surface area contributed by atoms with Crippen LogP contribution in [0.3, 0.4) is 0 Å². The fraction of sp³-hybridized carbons (Fsp3) is 0.105. The van der Waals surface area contributed by atoms with Crippen molar-refractivity contribution in [2.75, 3.05) is 18.4 Å². The SMILES string of the molecule is O=C(O)N1CC=C(c2cc3c(Nc4ccc5scnc5c4)ccnc3s2)C1. The summed E-state index contributed by atoms with van der Waals surface area (Å²) in [5.41, 5.74) is 5.82. The standard InChI is InChI=1S/C19H14N4O2S2/c24-19(25)23-6-4-11(9-23)17-8-13-14(3-5-20-18(13)27-17)22-12-1-2-16-15(7-12)21-10-26-16/h1-5,7-8,10H,6,9H2,(H,20,22)(H,24,25). The quantitative estimate of drug-likeness (QED) is 0.510. The Morgan fingerprint density at radius 3 is 3.00 bits per heavy atom. The fourth-order valence-corrected chi connectivity index (χ4v) is 4.89. The van der Waals surface area contributed by atoms with E-state index in [2.05, 4.69) is 27.4 Å². The molecule has 0 unspecified atom stereocenters. The zero-order valence-corrected chi connectivity index (χ0v) is 15.7. The van der Waals surface area contributed by atoms with Crippen LogP contribution in [0.4, 0.5) is 16.2 Å². The number of thiophene rings is 1. The Labute approximate surface area is 162 Å². The lowest BCUT2D eigenvalue weighted by Gasteiger charge is -2.10. The molecule has 1 amide bonds. The number of hydrogen-bond donors (Lipinski definition) is 2. The second-order valence-electron chi connectivity index (χ2n) is 6.24. The van der Waals surface area contributed by atoms with Crippen molar-refractivity contribution < 1.29 is 9.90 Å². The summed E-state index contributed by atoms with van der Waals surface area (Å²) >= 11 is 3.21. The first-order chi connectivity index (χ1) is 13.2. The molecule has 0 fully saturated rings. The number of carbonyl (C=O) groups is 1. The number of fused-ring (bicyclic) bond motifs is 2. The number of benzene rings is 1. The average molecular weight is 394 g/mol. The predicted molar refractivity (Wildman–Crippen MR) is 110 cm³/mol. The van der Waals surface area contributed by atoms with Crippen molar-refractivity contribution >= 4 is 66.1 Å². The smallest absolute Gasteiger partial charge is 0.407 e. The van der Waals surface area contributed by atoms with Crippen molar-refractivity contribution in [3.8, 4) is 0 Å². The third kappa shape index (κ3) is 2.92. The van der Waals surface area contributed by atoms with Crippen LogP contribution in [0.15, 0.2) is 48.1 Å². The minimum absolute atomic E-state index is 0.422. The van der Waals surface area contributed by atoms with E-state index in [9.17, 15) is 4.79 Å². The van der Waals surface area contributed by atoms with Gasteiger partial charge in [-0.1, -0.05) is 6.08 Å². The van der Waals surface area contributed by atoms with Gasteiger partial charge >= 0.3 is 6.09 Å². The molecule has 0 radical (unpaired) electrons. The van der Waals surface area contributed by atoms with Crippen LogP contribution in [0, 0.1) is 0 Å². The molecule has 0 spiro atoms. The highest BCUT2D eigenvalue weighted by Crippen LogP contribution is 2.36. The van der Waals surface area contributed by atoms with Crippen molar-refractivity contribution in [1.82, 2.24) is 14.9 Å². The Bertz CT molecular complexity index is 1210. The van der Waals surface area contributed by atoms with Gasteiger partial charge in [0.25, 0.3) is 0 Å². The van der Waals surface area contributed by atoms with Crippen LogP contribution in [0.1, 0.15) is 4.88 Å². The number of carboxylic acid groups (broad SMARTS) is 1. The second-order valence-corrected chi connectivity index (χ2v) is 8.16. The summed E-state index contributed by atoms with van der Waals surface area (Å²) in [6, 6.07) is 10.2. The number of nitrogens with one attached hydrogen (secondary N) is 1. The molecule has 8 heteroatoms. The highest BCUT2D eigenvalue weighted by Gasteiger charge is 2.21. The van der Waals surface area contributed by atoms with E-state index in [0.717, 1.165) is 42.3 Å². The zero-order valence-electron chi connectivity index (χ0n) is 14.0. The summed E-state index contributed by atoms with van der Waals surface area (Å²) in [5, 5.41) is 13.7. The van der Waals surface area contributed by atoms with Crippen LogP contribution in [0.2, 0.25) is 0 Å². The summed E-state index contributed by atoms with van der Waals surface area (Å²) in [7, 11) is 0. The molecule has 5 rings (SSSR count). The minimum Gasteiger partial charge on any atom is -0.465 e. The van der Waals surface area contributed by atoms with Crippen LogP contribution >= 0.6 is 22.7 Å². The number of anilines is 2. The molecule has 27 heavy (non-hydrogen) atoms. The van der Waals surface area contributed by atoms with Crippen molar-refractivity contribution in [2.45, 2.75) is 0 Å². The molecule has 1 aliphatic rings. The van der Waals surface area contributed by atoms with Gasteiger partial charge in [-0.2, -0.15) is 0 Å². The van der Waals surface area contributed by atoms with E-state index in [1.54, 1.807) is 28.9 Å². The molecule has 0 saturated heterocycles. The first-order valence-corrected chi connectivity index (χ1v) is 10.0. The van der Waals surface area contributed by atoms with Gasteiger partial charge in [-0.25, -0.2) is 14.8 Å². The van der Waals surface area contributed by atoms with Gasteiger partial charge < -0.3 is 15.3 Å². The Morgan fingerprint density at radius 1 is 1.22 bits per heavy atom. The van der Waals surface area contributed by atoms with Crippen molar-refractivity contribution in [3.63, 3.8) is 0 Å². The number of aromatic nitrogens is 2. The van der Waals surface area contributed by atoms with Gasteiger partial charge in [0.05, 0.1) is 28.0 Å². The lowest BCUT2D eigenvalue weighted by atomic mass is 10.2. The van der Waals surface area contributed by atoms with Gasteiger partial charge in [-0.15, -0.1) is 22.7 Å². The molecule has 1 aliphatic heterocycles. The lowest BCUT2D eigenvalue weighted by molar-refractivity contribution is 0.158. The van der Waals surface area contributed by atoms with E-state index >= 15 is 0 Å². The van der Waals surface area contributed by atoms with E-state index in [1.165, 1.54) is 4.90 Å². The molecule has 2 N–H and O–H groups in total. The maximum absolute atomic E-state index is 11.2. The van der Waals surface area contributed by atoms with Gasteiger partial charge in [0.15, 0.2) is 0 Å². The van der Waals surface area contributed by atoms with E-state index in [1.807, 2.05) is 29.8 Å². The van der Waals surface area contributed by atoms with Crippen molar-refractivity contribution in [3.05, 3.63) is 53.0 Å². The van der Waals surface area contributed by atoms with E-state index in [0.29, 0.717) is 13.1 Å². The number of nitrogens with zero attached hydrogens (tertiary/aromatic N) is 3. The van der Waals surface area contributed by atoms with Crippen LogP contribution in [0.5, 0.6) is 0 Å². The van der Waals surface area contributed by atoms with Gasteiger partial charge in [0.2, 0.25) is 0 Å². The molecule has 4 heterocycles. The van der Waals surface area contributed by atoms with E-state index in [-0.39, 0.29) is 0 Å². The lowest BCUT2D eigenvalue weighted by Crippen LogP contribution is -2.26. The summed E-state index contributed by atoms with van der Waals surface area (Å²) in [4.78, 5) is 23.4. The third-order valence-corrected chi connectivity index (χ3v) is 6.48. The van der Waals surface area contributed by atoms with Crippen LogP contribution in [0.25, 0.3) is 26.0 Å². The maximum atomic E-state index is 11.2. The number of pyridine rings is 1. The fourth-order valence-electron chi connectivity index (χ4n) is 3.18. The molecular weight excluding hydrogens is 380 g/mol. The molecule has 6 nitrogen and oxygen atoms in total. The summed E-state index contributed by atoms with van der Waals surface area (Å²) in [6.07, 6.45) is 2.88. The van der Waals surface area contributed by atoms with Gasteiger partial charge in [0.1, 0.15) is 4.83 Å². The third-order valence-electron chi connectivity index (χ3n) is 4.55. The Hall–Kier alpha value is -2.97. The molecule has 1 aromatic carbocycles. The predicted octanol–water partition coefficient (Wildman–Crippen LogP) is 5.03. The maximum Gasteiger partial charge on any atom is 0.407 e. The Morgan fingerprint density at radius 2 is 2.15 bits per heavy atom. The van der Waals surface area contributed by atoms with Crippen molar-refractivity contribution in [2.24, 2.45) is 0 Å². The van der Waals surface area contributed by atoms with Gasteiger partial charge in [-0.05, 0) is 35.9 Å². The van der Waals surface area contributed by atoms with Crippen LogP contribution < -0.4 is 5.32 Å². The second kappa shape index (κ2) is 6.33. The highest BCUT2D eigenvalue weighted by molar-refractivity contribution is 7.19. The number of rotatable bonds is 3. The Kier molecular flexibility index (Phi) is 3.80. The average Bonchev–Trinajstić information content (AvgIpc) is 3.39. The summed E-state index contributed by atoms with van der Waals surface area (Å²) < 4.78 is 1.16. The molecule has 3 aromatic heterocycles. The largest absolute Gasteiger partial charge is 0.465 e.